The highest BCUT2D eigenvalue weighted by Crippen LogP contribution is 2.33. The highest BCUT2D eigenvalue weighted by molar-refractivity contribution is 7.18. The summed E-state index contributed by atoms with van der Waals surface area (Å²) < 4.78 is 32.7. The lowest BCUT2D eigenvalue weighted by Gasteiger charge is -2.31. The van der Waals surface area contributed by atoms with Crippen molar-refractivity contribution in [3.63, 3.8) is 0 Å². The minimum Gasteiger partial charge on any atom is -0.452 e. The van der Waals surface area contributed by atoms with Gasteiger partial charge in [-0.1, -0.05) is 12.1 Å². The van der Waals surface area contributed by atoms with Gasteiger partial charge in [-0.05, 0) is 37.1 Å². The van der Waals surface area contributed by atoms with Gasteiger partial charge in [0.15, 0.2) is 6.61 Å². The summed E-state index contributed by atoms with van der Waals surface area (Å²) in [5.41, 5.74) is 0.552. The minimum absolute atomic E-state index is 0.135. The fourth-order valence-electron chi connectivity index (χ4n) is 3.42. The van der Waals surface area contributed by atoms with Crippen LogP contribution in [0.5, 0.6) is 0 Å². The number of likely N-dealkylation sites (tertiary alicyclic amines) is 1. The second-order valence-corrected chi connectivity index (χ2v) is 7.96. The summed E-state index contributed by atoms with van der Waals surface area (Å²) in [6.45, 7) is 0.589. The van der Waals surface area contributed by atoms with Gasteiger partial charge in [-0.15, -0.1) is 11.3 Å². The first-order chi connectivity index (χ1) is 14.0. The third-order valence-corrected chi connectivity index (χ3v) is 6.11. The van der Waals surface area contributed by atoms with Crippen molar-refractivity contribution in [1.29, 1.82) is 0 Å². The van der Waals surface area contributed by atoms with Crippen LogP contribution in [0.1, 0.15) is 34.1 Å². The van der Waals surface area contributed by atoms with Crippen LogP contribution in [-0.4, -0.2) is 41.5 Å². The Morgan fingerprint density at radius 3 is 2.83 bits per heavy atom. The molecule has 1 saturated heterocycles. The number of amides is 1. The molecule has 0 spiro atoms. The number of fused-ring (bicyclic) bond motifs is 1. The van der Waals surface area contributed by atoms with Crippen LogP contribution in [0, 0.1) is 11.6 Å². The number of aromatic nitrogens is 1. The Labute approximate surface area is 169 Å². The molecule has 1 atom stereocenters. The maximum absolute atomic E-state index is 13.7. The van der Waals surface area contributed by atoms with Crippen LogP contribution in [0.25, 0.3) is 10.2 Å². The van der Waals surface area contributed by atoms with E-state index in [2.05, 4.69) is 4.98 Å². The molecule has 1 aromatic heterocycles. The molecule has 150 valence electrons. The molecule has 5 nitrogen and oxygen atoms in total. The van der Waals surface area contributed by atoms with Gasteiger partial charge in [-0.25, -0.2) is 18.6 Å². The van der Waals surface area contributed by atoms with Gasteiger partial charge in [-0.2, -0.15) is 0 Å². The van der Waals surface area contributed by atoms with Crippen LogP contribution >= 0.6 is 11.3 Å². The average Bonchev–Trinajstić information content (AvgIpc) is 3.16. The first kappa shape index (κ1) is 19.4. The molecular weight excluding hydrogens is 398 g/mol. The van der Waals surface area contributed by atoms with Crippen molar-refractivity contribution >= 4 is 33.4 Å². The van der Waals surface area contributed by atoms with E-state index < -0.39 is 29.8 Å². The highest BCUT2D eigenvalue weighted by atomic mass is 32.1. The third-order valence-electron chi connectivity index (χ3n) is 4.91. The Morgan fingerprint density at radius 1 is 1.21 bits per heavy atom. The van der Waals surface area contributed by atoms with Gasteiger partial charge in [0.1, 0.15) is 11.6 Å². The van der Waals surface area contributed by atoms with E-state index in [-0.39, 0.29) is 11.8 Å². The molecule has 0 saturated carbocycles. The number of piperidine rings is 1. The van der Waals surface area contributed by atoms with Crippen LogP contribution in [-0.2, 0) is 9.53 Å². The Hall–Kier alpha value is -2.87. The molecule has 2 aromatic carbocycles. The number of nitrogens with zero attached hydrogens (tertiary/aromatic N) is 2. The van der Waals surface area contributed by atoms with Gasteiger partial charge in [0.05, 0.1) is 20.8 Å². The van der Waals surface area contributed by atoms with E-state index in [0.717, 1.165) is 40.2 Å². The Bertz CT molecular complexity index is 1040. The number of para-hydroxylation sites is 1. The average molecular weight is 416 g/mol. The van der Waals surface area contributed by atoms with E-state index in [0.29, 0.717) is 19.2 Å². The lowest BCUT2D eigenvalue weighted by Crippen LogP contribution is -2.41. The van der Waals surface area contributed by atoms with Crippen molar-refractivity contribution in [3.8, 4) is 0 Å². The normalized spacial score (nSPS) is 16.8. The van der Waals surface area contributed by atoms with E-state index in [1.54, 1.807) is 16.2 Å². The van der Waals surface area contributed by atoms with E-state index >= 15 is 0 Å². The third kappa shape index (κ3) is 4.27. The number of hydrogen-bond acceptors (Lipinski definition) is 5. The molecule has 2 heterocycles. The number of benzene rings is 2. The maximum atomic E-state index is 13.7. The molecule has 0 bridgehead atoms. The van der Waals surface area contributed by atoms with Crippen LogP contribution < -0.4 is 0 Å². The van der Waals surface area contributed by atoms with Crippen LogP contribution in [0.3, 0.4) is 0 Å². The van der Waals surface area contributed by atoms with Crippen molar-refractivity contribution in [3.05, 3.63) is 64.7 Å². The van der Waals surface area contributed by atoms with E-state index in [1.165, 1.54) is 0 Å². The number of rotatable bonds is 4. The van der Waals surface area contributed by atoms with Gasteiger partial charge in [-0.3, -0.25) is 4.79 Å². The molecule has 4 rings (SSSR count). The molecule has 29 heavy (non-hydrogen) atoms. The van der Waals surface area contributed by atoms with Gasteiger partial charge in [0.25, 0.3) is 5.91 Å². The Kier molecular flexibility index (Phi) is 5.53. The molecule has 3 aromatic rings. The quantitative estimate of drug-likeness (QED) is 0.600. The van der Waals surface area contributed by atoms with E-state index in [4.69, 9.17) is 4.74 Å². The van der Waals surface area contributed by atoms with Crippen LogP contribution in [0.2, 0.25) is 0 Å². The summed E-state index contributed by atoms with van der Waals surface area (Å²) in [7, 11) is 0. The predicted octanol–water partition coefficient (Wildman–Crippen LogP) is 4.14. The number of carbonyl (C=O) groups excluding carboxylic acids is 2. The lowest BCUT2D eigenvalue weighted by atomic mass is 9.99. The zero-order valence-electron chi connectivity index (χ0n) is 15.4. The van der Waals surface area contributed by atoms with Crippen molar-refractivity contribution in [2.45, 2.75) is 18.8 Å². The van der Waals surface area contributed by atoms with Gasteiger partial charge >= 0.3 is 5.97 Å². The number of thiazole rings is 1. The first-order valence-electron chi connectivity index (χ1n) is 9.26. The van der Waals surface area contributed by atoms with Crippen LogP contribution in [0.15, 0.2) is 42.5 Å². The topological polar surface area (TPSA) is 59.5 Å². The number of ether oxygens (including phenoxy) is 1. The summed E-state index contributed by atoms with van der Waals surface area (Å²) in [4.78, 5) is 30.8. The zero-order valence-corrected chi connectivity index (χ0v) is 16.3. The zero-order chi connectivity index (χ0) is 20.4. The maximum Gasteiger partial charge on any atom is 0.341 e. The summed E-state index contributed by atoms with van der Waals surface area (Å²) in [5, 5.41) is 0.995. The molecule has 8 heteroatoms. The van der Waals surface area contributed by atoms with E-state index in [9.17, 15) is 18.4 Å². The molecular formula is C21H18F2N2O3S. The number of hydrogen-bond donors (Lipinski definition) is 0. The fraction of sp³-hybridized carbons (Fsp3) is 0.286. The number of carbonyl (C=O) groups is 2. The van der Waals surface area contributed by atoms with Crippen molar-refractivity contribution in [2.75, 3.05) is 19.7 Å². The fourth-order valence-corrected chi connectivity index (χ4v) is 4.51. The Balaban J connectivity index is 1.37. The largest absolute Gasteiger partial charge is 0.452 e. The molecule has 0 aliphatic carbocycles. The number of esters is 1. The van der Waals surface area contributed by atoms with E-state index in [1.807, 2.05) is 24.3 Å². The second-order valence-electron chi connectivity index (χ2n) is 6.90. The SMILES string of the molecule is O=C(OCC(=O)N1CCC[C@H](c2nc3ccccc3s2)C1)c1ccc(F)cc1F. The second kappa shape index (κ2) is 8.24. The lowest BCUT2D eigenvalue weighted by molar-refractivity contribution is -0.135. The number of halogens is 2. The molecule has 1 fully saturated rings. The molecule has 0 N–H and O–H groups in total. The van der Waals surface area contributed by atoms with Crippen molar-refractivity contribution < 1.29 is 23.1 Å². The summed E-state index contributed by atoms with van der Waals surface area (Å²) in [6, 6.07) is 10.5. The van der Waals surface area contributed by atoms with Crippen molar-refractivity contribution in [1.82, 2.24) is 9.88 Å². The first-order valence-corrected chi connectivity index (χ1v) is 10.1. The monoisotopic (exact) mass is 416 g/mol. The van der Waals surface area contributed by atoms with Gasteiger partial charge in [0.2, 0.25) is 0 Å². The Morgan fingerprint density at radius 2 is 2.03 bits per heavy atom. The predicted molar refractivity (Wildman–Crippen MR) is 105 cm³/mol. The minimum atomic E-state index is -1.02. The molecule has 1 aliphatic rings. The molecule has 1 amide bonds. The molecule has 0 radical (unpaired) electrons. The summed E-state index contributed by atoms with van der Waals surface area (Å²) >= 11 is 1.63. The molecule has 1 aliphatic heterocycles. The molecule has 0 unspecified atom stereocenters. The van der Waals surface area contributed by atoms with Gasteiger partial charge < -0.3 is 9.64 Å². The standard InChI is InChI=1S/C21H18F2N2O3S/c22-14-7-8-15(16(23)10-14)21(27)28-12-19(26)25-9-3-4-13(11-25)20-24-17-5-1-2-6-18(17)29-20/h1-2,5-8,10,13H,3-4,9,11-12H2/t13-/m0/s1. The summed E-state index contributed by atoms with van der Waals surface area (Å²) in [5.74, 6) is -3.00. The van der Waals surface area contributed by atoms with Crippen LogP contribution in [0.4, 0.5) is 8.78 Å². The van der Waals surface area contributed by atoms with Gasteiger partial charge in [0, 0.05) is 25.1 Å². The highest BCUT2D eigenvalue weighted by Gasteiger charge is 2.27. The smallest absolute Gasteiger partial charge is 0.341 e. The van der Waals surface area contributed by atoms with Crippen molar-refractivity contribution in [2.24, 2.45) is 0 Å². The summed E-state index contributed by atoms with van der Waals surface area (Å²) in [6.07, 6.45) is 1.76.